The Morgan fingerprint density at radius 1 is 0.947 bits per heavy atom. The molecule has 0 bridgehead atoms. The van der Waals surface area contributed by atoms with Gasteiger partial charge in [0.1, 0.15) is 5.82 Å². The third kappa shape index (κ3) is 3.52. The Hall–Kier alpha value is -1.46. The van der Waals surface area contributed by atoms with Crippen LogP contribution < -0.4 is 5.73 Å². The Morgan fingerprint density at radius 3 is 2.42 bits per heavy atom. The van der Waals surface area contributed by atoms with Crippen molar-refractivity contribution < 1.29 is 13.2 Å². The lowest BCUT2D eigenvalue weighted by Crippen LogP contribution is -2.04. The molecule has 100 valence electrons. The van der Waals surface area contributed by atoms with Crippen molar-refractivity contribution in [3.05, 3.63) is 59.4 Å². The molecule has 0 aliphatic rings. The van der Waals surface area contributed by atoms with E-state index in [1.54, 1.807) is 6.07 Å². The van der Waals surface area contributed by atoms with Gasteiger partial charge < -0.3 is 5.73 Å². The Balaban J connectivity index is 2.29. The molecular formula is C14H12F3NS. The second-order valence-electron chi connectivity index (χ2n) is 3.97. The summed E-state index contributed by atoms with van der Waals surface area (Å²) in [6.07, 6.45) is 0.532. The average Bonchev–Trinajstić information content (AvgIpc) is 2.37. The number of rotatable bonds is 4. The lowest BCUT2D eigenvalue weighted by atomic mass is 10.1. The van der Waals surface area contributed by atoms with Crippen LogP contribution in [0.25, 0.3) is 0 Å². The Kier molecular flexibility index (Phi) is 4.50. The molecule has 2 aromatic rings. The van der Waals surface area contributed by atoms with Gasteiger partial charge >= 0.3 is 0 Å². The lowest BCUT2D eigenvalue weighted by molar-refractivity contribution is 0.506. The predicted molar refractivity (Wildman–Crippen MR) is 69.6 cm³/mol. The third-order valence-electron chi connectivity index (χ3n) is 2.56. The van der Waals surface area contributed by atoms with Crippen LogP contribution in [-0.2, 0) is 6.42 Å². The minimum absolute atomic E-state index is 0.335. The quantitative estimate of drug-likeness (QED) is 0.924. The molecule has 0 aliphatic carbocycles. The molecule has 0 amide bonds. The van der Waals surface area contributed by atoms with Crippen LogP contribution in [-0.4, -0.2) is 6.54 Å². The first kappa shape index (κ1) is 14.0. The number of hydrogen-bond donors (Lipinski definition) is 1. The summed E-state index contributed by atoms with van der Waals surface area (Å²) < 4.78 is 39.1. The van der Waals surface area contributed by atoms with Gasteiger partial charge in [0.15, 0.2) is 11.6 Å². The smallest absolute Gasteiger partial charge is 0.159 e. The zero-order valence-corrected chi connectivity index (χ0v) is 10.8. The molecule has 0 fully saturated rings. The molecule has 5 heteroatoms. The Bertz CT molecular complexity index is 587. The summed E-state index contributed by atoms with van der Waals surface area (Å²) in [5.74, 6) is -2.11. The fraction of sp³-hybridized carbons (Fsp3) is 0.143. The largest absolute Gasteiger partial charge is 0.330 e. The molecule has 2 N–H and O–H groups in total. The first-order valence-corrected chi connectivity index (χ1v) is 6.53. The maximum absolute atomic E-state index is 13.2. The van der Waals surface area contributed by atoms with Gasteiger partial charge in [0.25, 0.3) is 0 Å². The number of halogens is 3. The van der Waals surface area contributed by atoms with Crippen molar-refractivity contribution in [3.63, 3.8) is 0 Å². The van der Waals surface area contributed by atoms with E-state index in [9.17, 15) is 13.2 Å². The van der Waals surface area contributed by atoms with Crippen molar-refractivity contribution in [1.82, 2.24) is 0 Å². The summed E-state index contributed by atoms with van der Waals surface area (Å²) in [5, 5.41) is 0. The lowest BCUT2D eigenvalue weighted by Gasteiger charge is -2.09. The molecular weight excluding hydrogens is 271 g/mol. The van der Waals surface area contributed by atoms with E-state index in [0.29, 0.717) is 17.9 Å². The van der Waals surface area contributed by atoms with Gasteiger partial charge in [0.05, 0.1) is 0 Å². The van der Waals surface area contributed by atoms with E-state index in [1.807, 2.05) is 0 Å². The molecule has 1 nitrogen and oxygen atoms in total. The van der Waals surface area contributed by atoms with Gasteiger partial charge in [0.2, 0.25) is 0 Å². The van der Waals surface area contributed by atoms with Crippen molar-refractivity contribution >= 4 is 11.8 Å². The first-order valence-electron chi connectivity index (χ1n) is 5.71. The van der Waals surface area contributed by atoms with Gasteiger partial charge in [0, 0.05) is 9.79 Å². The van der Waals surface area contributed by atoms with E-state index in [4.69, 9.17) is 5.73 Å². The van der Waals surface area contributed by atoms with Crippen LogP contribution in [0.15, 0.2) is 46.2 Å². The highest BCUT2D eigenvalue weighted by molar-refractivity contribution is 7.99. The molecule has 0 spiro atoms. The summed E-state index contributed by atoms with van der Waals surface area (Å²) in [6.45, 7) is 0.398. The average molecular weight is 283 g/mol. The molecule has 0 saturated heterocycles. The van der Waals surface area contributed by atoms with Gasteiger partial charge in [-0.1, -0.05) is 11.8 Å². The highest BCUT2D eigenvalue weighted by Crippen LogP contribution is 2.31. The standard InChI is InChI=1S/C14H12F3NS/c15-10-1-4-14(9(7-10)5-6-18)19-11-2-3-12(16)13(17)8-11/h1-4,7-8H,5-6,18H2. The molecule has 0 heterocycles. The summed E-state index contributed by atoms with van der Waals surface area (Å²) in [7, 11) is 0. The maximum atomic E-state index is 13.2. The molecule has 2 rings (SSSR count). The molecule has 0 aromatic heterocycles. The fourth-order valence-electron chi connectivity index (χ4n) is 1.67. The van der Waals surface area contributed by atoms with E-state index in [-0.39, 0.29) is 5.82 Å². The molecule has 19 heavy (non-hydrogen) atoms. The van der Waals surface area contributed by atoms with Crippen LogP contribution >= 0.6 is 11.8 Å². The Morgan fingerprint density at radius 2 is 1.74 bits per heavy atom. The van der Waals surface area contributed by atoms with Crippen molar-refractivity contribution in [1.29, 1.82) is 0 Å². The van der Waals surface area contributed by atoms with Crippen LogP contribution in [0.4, 0.5) is 13.2 Å². The van der Waals surface area contributed by atoms with Gasteiger partial charge in [-0.05, 0) is 54.9 Å². The number of benzene rings is 2. The SMILES string of the molecule is NCCc1cc(F)ccc1Sc1ccc(F)c(F)c1. The highest BCUT2D eigenvalue weighted by Gasteiger charge is 2.08. The van der Waals surface area contributed by atoms with Crippen molar-refractivity contribution in [2.75, 3.05) is 6.54 Å². The third-order valence-corrected chi connectivity index (χ3v) is 3.66. The van der Waals surface area contributed by atoms with Gasteiger partial charge in [-0.25, -0.2) is 13.2 Å². The minimum atomic E-state index is -0.896. The molecule has 2 aromatic carbocycles. The second kappa shape index (κ2) is 6.12. The second-order valence-corrected chi connectivity index (χ2v) is 5.08. The van der Waals surface area contributed by atoms with Gasteiger partial charge in [-0.2, -0.15) is 0 Å². The van der Waals surface area contributed by atoms with Crippen LogP contribution in [0.1, 0.15) is 5.56 Å². The van der Waals surface area contributed by atoms with E-state index in [2.05, 4.69) is 0 Å². The summed E-state index contributed by atoms with van der Waals surface area (Å²) in [5.41, 5.74) is 6.24. The summed E-state index contributed by atoms with van der Waals surface area (Å²) in [6, 6.07) is 8.04. The normalized spacial score (nSPS) is 10.7. The van der Waals surface area contributed by atoms with Crippen molar-refractivity contribution in [2.45, 2.75) is 16.2 Å². The van der Waals surface area contributed by atoms with Gasteiger partial charge in [-0.3, -0.25) is 0 Å². The maximum Gasteiger partial charge on any atom is 0.159 e. The molecule has 0 atom stereocenters. The summed E-state index contributed by atoms with van der Waals surface area (Å²) >= 11 is 1.26. The van der Waals surface area contributed by atoms with E-state index in [1.165, 1.54) is 30.0 Å². The predicted octanol–water partition coefficient (Wildman–Crippen LogP) is 3.76. The minimum Gasteiger partial charge on any atom is -0.330 e. The number of hydrogen-bond acceptors (Lipinski definition) is 2. The molecule has 0 aliphatic heterocycles. The van der Waals surface area contributed by atoms with Crippen molar-refractivity contribution in [2.24, 2.45) is 5.73 Å². The van der Waals surface area contributed by atoms with Crippen molar-refractivity contribution in [3.8, 4) is 0 Å². The van der Waals surface area contributed by atoms with Gasteiger partial charge in [-0.15, -0.1) is 0 Å². The van der Waals surface area contributed by atoms with Crippen LogP contribution in [0.5, 0.6) is 0 Å². The molecule has 0 unspecified atom stereocenters. The zero-order chi connectivity index (χ0) is 13.8. The fourth-order valence-corrected chi connectivity index (χ4v) is 2.65. The number of nitrogens with two attached hydrogens (primary N) is 1. The van der Waals surface area contributed by atoms with E-state index < -0.39 is 11.6 Å². The van der Waals surface area contributed by atoms with Crippen LogP contribution in [0.3, 0.4) is 0 Å². The van der Waals surface area contributed by atoms with Crippen LogP contribution in [0.2, 0.25) is 0 Å². The molecule has 0 radical (unpaired) electrons. The topological polar surface area (TPSA) is 26.0 Å². The summed E-state index contributed by atoms with van der Waals surface area (Å²) in [4.78, 5) is 1.35. The zero-order valence-electron chi connectivity index (χ0n) is 10.00. The van der Waals surface area contributed by atoms with Crippen LogP contribution in [0, 0.1) is 17.5 Å². The monoisotopic (exact) mass is 283 g/mol. The van der Waals surface area contributed by atoms with E-state index >= 15 is 0 Å². The highest BCUT2D eigenvalue weighted by atomic mass is 32.2. The Labute approximate surface area is 113 Å². The first-order chi connectivity index (χ1) is 9.10. The van der Waals surface area contributed by atoms with E-state index in [0.717, 1.165) is 22.6 Å². The molecule has 0 saturated carbocycles.